The van der Waals surface area contributed by atoms with Gasteiger partial charge in [0.25, 0.3) is 5.91 Å². The summed E-state index contributed by atoms with van der Waals surface area (Å²) in [5.41, 5.74) is -0.762. The zero-order valence-corrected chi connectivity index (χ0v) is 11.4. The van der Waals surface area contributed by atoms with Crippen molar-refractivity contribution >= 4 is 11.6 Å². The number of nitro groups is 1. The van der Waals surface area contributed by atoms with Crippen molar-refractivity contribution in [1.82, 2.24) is 5.32 Å². The molecule has 0 spiro atoms. The van der Waals surface area contributed by atoms with Crippen molar-refractivity contribution in [2.24, 2.45) is 5.41 Å². The number of nitro benzene ring substituents is 1. The molecule has 104 valence electrons. The smallest absolute Gasteiger partial charge is 0.305 e. The van der Waals surface area contributed by atoms with Gasteiger partial charge in [0.1, 0.15) is 0 Å². The molecule has 1 aromatic carbocycles. The van der Waals surface area contributed by atoms with Crippen LogP contribution >= 0.6 is 0 Å². The summed E-state index contributed by atoms with van der Waals surface area (Å²) in [4.78, 5) is 21.7. The van der Waals surface area contributed by atoms with Crippen LogP contribution in [0.5, 0.6) is 0 Å². The Balaban J connectivity index is 2.95. The van der Waals surface area contributed by atoms with Gasteiger partial charge >= 0.3 is 5.69 Å². The number of hydrogen-bond donors (Lipinski definition) is 1. The number of carbonyl (C=O) groups is 1. The Morgan fingerprint density at radius 3 is 2.47 bits per heavy atom. The van der Waals surface area contributed by atoms with Gasteiger partial charge in [0.2, 0.25) is 5.82 Å². The molecule has 1 unspecified atom stereocenters. The lowest BCUT2D eigenvalue weighted by atomic mass is 9.88. The monoisotopic (exact) mass is 268 g/mol. The van der Waals surface area contributed by atoms with Gasteiger partial charge in [-0.05, 0) is 24.5 Å². The number of nitrogens with zero attached hydrogens (tertiary/aromatic N) is 1. The first kappa shape index (κ1) is 15.1. The minimum Gasteiger partial charge on any atom is -0.349 e. The van der Waals surface area contributed by atoms with Crippen LogP contribution in [0.25, 0.3) is 0 Å². The van der Waals surface area contributed by atoms with E-state index in [1.54, 1.807) is 0 Å². The number of nitrogens with one attached hydrogen (secondary N) is 1. The first-order valence-electron chi connectivity index (χ1n) is 5.87. The van der Waals surface area contributed by atoms with E-state index in [4.69, 9.17) is 0 Å². The third kappa shape index (κ3) is 3.74. The molecular formula is C13H17FN2O3. The number of hydrogen-bond acceptors (Lipinski definition) is 3. The Morgan fingerprint density at radius 1 is 1.42 bits per heavy atom. The highest BCUT2D eigenvalue weighted by atomic mass is 19.1. The zero-order chi connectivity index (χ0) is 14.8. The molecule has 5 nitrogen and oxygen atoms in total. The van der Waals surface area contributed by atoms with Crippen molar-refractivity contribution in [2.75, 3.05) is 0 Å². The third-order valence-electron chi connectivity index (χ3n) is 3.05. The van der Waals surface area contributed by atoms with Crippen molar-refractivity contribution < 1.29 is 14.1 Å². The van der Waals surface area contributed by atoms with Crippen LogP contribution in [0.1, 0.15) is 38.1 Å². The molecular weight excluding hydrogens is 251 g/mol. The SMILES string of the molecule is CC(NC(=O)c1ccc(F)c([N+](=O)[O-])c1)C(C)(C)C. The predicted octanol–water partition coefficient (Wildman–Crippen LogP) is 2.90. The second kappa shape index (κ2) is 5.34. The van der Waals surface area contributed by atoms with Gasteiger partial charge in [-0.2, -0.15) is 4.39 Å². The van der Waals surface area contributed by atoms with E-state index in [0.29, 0.717) is 0 Å². The molecule has 0 saturated carbocycles. The summed E-state index contributed by atoms with van der Waals surface area (Å²) in [5.74, 6) is -1.41. The molecule has 0 radical (unpaired) electrons. The molecule has 1 atom stereocenters. The molecule has 0 aliphatic heterocycles. The van der Waals surface area contributed by atoms with Crippen molar-refractivity contribution in [2.45, 2.75) is 33.7 Å². The summed E-state index contributed by atoms with van der Waals surface area (Å²) in [6.07, 6.45) is 0. The lowest BCUT2D eigenvalue weighted by molar-refractivity contribution is -0.387. The fourth-order valence-corrected chi connectivity index (χ4v) is 1.29. The van der Waals surface area contributed by atoms with E-state index >= 15 is 0 Å². The fourth-order valence-electron chi connectivity index (χ4n) is 1.29. The van der Waals surface area contributed by atoms with E-state index in [-0.39, 0.29) is 17.0 Å². The number of rotatable bonds is 3. The molecule has 0 aliphatic carbocycles. The highest BCUT2D eigenvalue weighted by molar-refractivity contribution is 5.95. The van der Waals surface area contributed by atoms with Crippen molar-refractivity contribution in [3.8, 4) is 0 Å². The van der Waals surface area contributed by atoms with Gasteiger partial charge in [-0.3, -0.25) is 14.9 Å². The summed E-state index contributed by atoms with van der Waals surface area (Å²) in [5, 5.41) is 13.3. The van der Waals surface area contributed by atoms with Crippen LogP contribution in [-0.4, -0.2) is 16.9 Å². The normalized spacial score (nSPS) is 12.9. The highest BCUT2D eigenvalue weighted by Crippen LogP contribution is 2.21. The Kier molecular flexibility index (Phi) is 4.24. The maximum atomic E-state index is 13.2. The number of benzene rings is 1. The van der Waals surface area contributed by atoms with Gasteiger partial charge < -0.3 is 5.32 Å². The van der Waals surface area contributed by atoms with Crippen LogP contribution in [-0.2, 0) is 0 Å². The van der Waals surface area contributed by atoms with Crippen LogP contribution in [0, 0.1) is 21.3 Å². The quantitative estimate of drug-likeness (QED) is 0.676. The van der Waals surface area contributed by atoms with Gasteiger partial charge in [0, 0.05) is 17.7 Å². The molecule has 1 rings (SSSR count). The second-order valence-electron chi connectivity index (χ2n) is 5.48. The van der Waals surface area contributed by atoms with Gasteiger partial charge in [0.15, 0.2) is 0 Å². The Hall–Kier alpha value is -1.98. The third-order valence-corrected chi connectivity index (χ3v) is 3.05. The minimum absolute atomic E-state index is 0.0733. The van der Waals surface area contributed by atoms with Crippen LogP contribution in [0.3, 0.4) is 0 Å². The average molecular weight is 268 g/mol. The molecule has 1 N–H and O–H groups in total. The number of amides is 1. The summed E-state index contributed by atoms with van der Waals surface area (Å²) < 4.78 is 13.2. The molecule has 0 aromatic heterocycles. The highest BCUT2D eigenvalue weighted by Gasteiger charge is 2.23. The van der Waals surface area contributed by atoms with E-state index in [1.807, 2.05) is 27.7 Å². The van der Waals surface area contributed by atoms with E-state index in [1.165, 1.54) is 6.07 Å². The summed E-state index contributed by atoms with van der Waals surface area (Å²) in [6, 6.07) is 2.98. The van der Waals surface area contributed by atoms with E-state index in [2.05, 4.69) is 5.32 Å². The van der Waals surface area contributed by atoms with Gasteiger partial charge in [-0.25, -0.2) is 0 Å². The Labute approximate surface area is 111 Å². The summed E-state index contributed by atoms with van der Waals surface area (Å²) in [6.45, 7) is 7.73. The van der Waals surface area contributed by atoms with Crippen molar-refractivity contribution in [1.29, 1.82) is 0 Å². The lowest BCUT2D eigenvalue weighted by Crippen LogP contribution is -2.41. The minimum atomic E-state index is -0.953. The van der Waals surface area contributed by atoms with Crippen LogP contribution in [0.2, 0.25) is 0 Å². The van der Waals surface area contributed by atoms with E-state index in [0.717, 1.165) is 12.1 Å². The maximum Gasteiger partial charge on any atom is 0.305 e. The Bertz CT molecular complexity index is 509. The molecule has 1 aromatic rings. The summed E-state index contributed by atoms with van der Waals surface area (Å²) >= 11 is 0. The van der Waals surface area contributed by atoms with Crippen LogP contribution in [0.4, 0.5) is 10.1 Å². The maximum absolute atomic E-state index is 13.2. The van der Waals surface area contributed by atoms with Gasteiger partial charge in [-0.1, -0.05) is 20.8 Å². The molecule has 0 aliphatic rings. The average Bonchev–Trinajstić information content (AvgIpc) is 2.27. The molecule has 0 fully saturated rings. The topological polar surface area (TPSA) is 72.2 Å². The van der Waals surface area contributed by atoms with Crippen molar-refractivity contribution in [3.63, 3.8) is 0 Å². The molecule has 0 bridgehead atoms. The largest absolute Gasteiger partial charge is 0.349 e. The van der Waals surface area contributed by atoms with Crippen LogP contribution < -0.4 is 5.32 Å². The predicted molar refractivity (Wildman–Crippen MR) is 69.4 cm³/mol. The molecule has 19 heavy (non-hydrogen) atoms. The first-order valence-corrected chi connectivity index (χ1v) is 5.87. The van der Waals surface area contributed by atoms with E-state index in [9.17, 15) is 19.3 Å². The zero-order valence-electron chi connectivity index (χ0n) is 11.4. The standard InChI is InChI=1S/C13H17FN2O3/c1-8(13(2,3)4)15-12(17)9-5-6-10(14)11(7-9)16(18)19/h5-8H,1-4H3,(H,15,17). The number of halogens is 1. The molecule has 1 amide bonds. The molecule has 0 heterocycles. The first-order chi connectivity index (χ1) is 8.62. The van der Waals surface area contributed by atoms with Gasteiger partial charge in [-0.15, -0.1) is 0 Å². The molecule has 6 heteroatoms. The number of carbonyl (C=O) groups excluding carboxylic acids is 1. The lowest BCUT2D eigenvalue weighted by Gasteiger charge is -2.28. The van der Waals surface area contributed by atoms with E-state index < -0.39 is 22.3 Å². The van der Waals surface area contributed by atoms with Gasteiger partial charge in [0.05, 0.1) is 4.92 Å². The van der Waals surface area contributed by atoms with Crippen molar-refractivity contribution in [3.05, 3.63) is 39.7 Å². The molecule has 0 saturated heterocycles. The van der Waals surface area contributed by atoms with Crippen LogP contribution in [0.15, 0.2) is 18.2 Å². The Morgan fingerprint density at radius 2 is 2.00 bits per heavy atom. The second-order valence-corrected chi connectivity index (χ2v) is 5.48. The summed E-state index contributed by atoms with van der Waals surface area (Å²) in [7, 11) is 0. The fraction of sp³-hybridized carbons (Fsp3) is 0.462.